The third kappa shape index (κ3) is 7.62. The van der Waals surface area contributed by atoms with Gasteiger partial charge in [-0.2, -0.15) is 0 Å². The van der Waals surface area contributed by atoms with E-state index in [1.807, 2.05) is 87.0 Å². The highest BCUT2D eigenvalue weighted by Crippen LogP contribution is 2.41. The molecule has 0 N–H and O–H groups in total. The van der Waals surface area contributed by atoms with Crippen LogP contribution in [0.2, 0.25) is 0 Å². The van der Waals surface area contributed by atoms with Gasteiger partial charge in [0, 0.05) is 52.0 Å². The van der Waals surface area contributed by atoms with E-state index in [4.69, 9.17) is 29.9 Å². The molecule has 0 saturated heterocycles. The van der Waals surface area contributed by atoms with Gasteiger partial charge in [0.15, 0.2) is 16.9 Å². The quantitative estimate of drug-likeness (QED) is 0.143. The second-order valence-corrected chi connectivity index (χ2v) is 16.8. The number of imidazole rings is 3. The molecule has 71 heavy (non-hydrogen) atoms. The molecule has 9 nitrogen and oxygen atoms in total. The number of aromatic nitrogens is 9. The van der Waals surface area contributed by atoms with Crippen molar-refractivity contribution in [3.8, 4) is 84.6 Å². The van der Waals surface area contributed by atoms with Crippen LogP contribution in [0.3, 0.4) is 0 Å². The molecule has 13 rings (SSSR count). The van der Waals surface area contributed by atoms with E-state index in [1.54, 1.807) is 0 Å². The van der Waals surface area contributed by atoms with Crippen molar-refractivity contribution in [1.82, 2.24) is 43.6 Å². The SMILES string of the molecule is CC.c1ccc(-c2ccccc2-n2c(-c3cc(-c4nc5cccnc5n4-c4ccccc4-c4ccccc4)cc(-c4nc5cccnc5n4-c4ccccc4-c4ccccc4)c3)nc3cccnc32)cc1. The highest BCUT2D eigenvalue weighted by atomic mass is 15.2. The number of hydrogen-bond donors (Lipinski definition) is 0. The standard InChI is InChI=1S/C60H39N9.C2H6/c1-4-19-40(20-5-1)46-25-10-13-31-52(46)67-55(64-49-28-16-34-61-58(49)67)43-37-44(56-65-50-29-17-35-62-59(50)68(56)53-32-14-11-26-47(53)41-21-6-2-7-22-41)39-45(38-43)57-66-51-30-18-36-63-60(51)69(57)54-33-15-12-27-48(54)42-23-8-3-9-24-42;1-2/h1-39H;1-2H3. The zero-order chi connectivity index (χ0) is 47.7. The molecule has 338 valence electrons. The summed E-state index contributed by atoms with van der Waals surface area (Å²) in [6.45, 7) is 4.00. The van der Waals surface area contributed by atoms with Crippen LogP contribution in [-0.4, -0.2) is 43.6 Å². The maximum absolute atomic E-state index is 5.44. The molecule has 0 amide bonds. The van der Waals surface area contributed by atoms with Crippen LogP contribution < -0.4 is 0 Å². The lowest BCUT2D eigenvalue weighted by atomic mass is 10.0. The van der Waals surface area contributed by atoms with E-state index in [2.05, 4.69) is 177 Å². The predicted octanol–water partition coefficient (Wildman–Crippen LogP) is 14.9. The van der Waals surface area contributed by atoms with Crippen molar-refractivity contribution in [2.75, 3.05) is 0 Å². The monoisotopic (exact) mass is 915 g/mol. The average molecular weight is 916 g/mol. The van der Waals surface area contributed by atoms with Gasteiger partial charge in [0.25, 0.3) is 0 Å². The summed E-state index contributed by atoms with van der Waals surface area (Å²) in [5.74, 6) is 2.14. The van der Waals surface area contributed by atoms with Gasteiger partial charge in [-0.25, -0.2) is 29.9 Å². The van der Waals surface area contributed by atoms with Crippen molar-refractivity contribution in [3.63, 3.8) is 0 Å². The molecule has 6 aromatic heterocycles. The molecule has 6 heterocycles. The first-order chi connectivity index (χ1) is 35.2. The van der Waals surface area contributed by atoms with Crippen molar-refractivity contribution in [3.05, 3.63) is 237 Å². The maximum Gasteiger partial charge on any atom is 0.164 e. The minimum Gasteiger partial charge on any atom is -0.276 e. The van der Waals surface area contributed by atoms with Crippen molar-refractivity contribution in [2.45, 2.75) is 13.8 Å². The lowest BCUT2D eigenvalue weighted by Gasteiger charge is -2.18. The van der Waals surface area contributed by atoms with E-state index < -0.39 is 0 Å². The van der Waals surface area contributed by atoms with Gasteiger partial charge in [-0.3, -0.25) is 13.7 Å². The normalized spacial score (nSPS) is 11.2. The Morgan fingerprint density at radius 2 is 0.535 bits per heavy atom. The molecule has 0 aliphatic carbocycles. The van der Waals surface area contributed by atoms with Gasteiger partial charge < -0.3 is 0 Å². The van der Waals surface area contributed by atoms with Gasteiger partial charge in [0.2, 0.25) is 0 Å². The van der Waals surface area contributed by atoms with Gasteiger partial charge >= 0.3 is 0 Å². The number of hydrogen-bond acceptors (Lipinski definition) is 6. The maximum atomic E-state index is 5.44. The van der Waals surface area contributed by atoms with E-state index >= 15 is 0 Å². The van der Waals surface area contributed by atoms with E-state index in [0.29, 0.717) is 17.5 Å². The lowest BCUT2D eigenvalue weighted by Crippen LogP contribution is -2.04. The highest BCUT2D eigenvalue weighted by molar-refractivity contribution is 5.91. The molecule has 0 bridgehead atoms. The van der Waals surface area contributed by atoms with Gasteiger partial charge in [-0.1, -0.05) is 159 Å². The molecular weight excluding hydrogens is 871 g/mol. The summed E-state index contributed by atoms with van der Waals surface area (Å²) in [6, 6.07) is 75.2. The molecule has 9 heteroatoms. The smallest absolute Gasteiger partial charge is 0.164 e. The molecule has 0 radical (unpaired) electrons. The average Bonchev–Trinajstić information content (AvgIpc) is 4.17. The van der Waals surface area contributed by atoms with E-state index in [0.717, 1.165) is 101 Å². The first-order valence-electron chi connectivity index (χ1n) is 23.9. The Kier molecular flexibility index (Phi) is 11.1. The fourth-order valence-corrected chi connectivity index (χ4v) is 9.61. The van der Waals surface area contributed by atoms with Crippen LogP contribution >= 0.6 is 0 Å². The lowest BCUT2D eigenvalue weighted by molar-refractivity contribution is 1.06. The minimum absolute atomic E-state index is 0.714. The Bertz CT molecular complexity index is 3590. The number of rotatable bonds is 9. The Balaban J connectivity index is 0.00000256. The molecular formula is C62H45N9. The van der Waals surface area contributed by atoms with Crippen LogP contribution in [0.5, 0.6) is 0 Å². The summed E-state index contributed by atoms with van der Waals surface area (Å²) in [4.78, 5) is 31.3. The van der Waals surface area contributed by atoms with Crippen LogP contribution in [0.4, 0.5) is 0 Å². The molecule has 0 aliphatic heterocycles. The molecule has 13 aromatic rings. The topological polar surface area (TPSA) is 92.1 Å². The molecule has 7 aromatic carbocycles. The van der Waals surface area contributed by atoms with Gasteiger partial charge in [0.1, 0.15) is 34.0 Å². The van der Waals surface area contributed by atoms with Gasteiger partial charge in [-0.05, 0) is 89.5 Å². The first-order valence-corrected chi connectivity index (χ1v) is 23.9. The van der Waals surface area contributed by atoms with E-state index in [-0.39, 0.29) is 0 Å². The third-order valence-corrected chi connectivity index (χ3v) is 12.6. The Morgan fingerprint density at radius 1 is 0.268 bits per heavy atom. The van der Waals surface area contributed by atoms with Crippen LogP contribution in [0.25, 0.3) is 118 Å². The van der Waals surface area contributed by atoms with Crippen LogP contribution in [0.15, 0.2) is 237 Å². The van der Waals surface area contributed by atoms with Crippen LogP contribution in [0, 0.1) is 0 Å². The molecule has 0 spiro atoms. The van der Waals surface area contributed by atoms with E-state index in [1.165, 1.54) is 0 Å². The summed E-state index contributed by atoms with van der Waals surface area (Å²) in [5.41, 5.74) is 16.3. The number of benzene rings is 7. The van der Waals surface area contributed by atoms with Crippen LogP contribution in [0.1, 0.15) is 13.8 Å². The predicted molar refractivity (Wildman–Crippen MR) is 288 cm³/mol. The first kappa shape index (κ1) is 42.7. The third-order valence-electron chi connectivity index (χ3n) is 12.6. The van der Waals surface area contributed by atoms with Crippen molar-refractivity contribution in [2.24, 2.45) is 0 Å². The van der Waals surface area contributed by atoms with Crippen molar-refractivity contribution >= 4 is 33.5 Å². The zero-order valence-electron chi connectivity index (χ0n) is 39.0. The summed E-state index contributed by atoms with van der Waals surface area (Å²) in [7, 11) is 0. The minimum atomic E-state index is 0.714. The molecule has 0 fully saturated rings. The second kappa shape index (κ2) is 18.5. The van der Waals surface area contributed by atoms with Gasteiger partial charge in [-0.15, -0.1) is 0 Å². The second-order valence-electron chi connectivity index (χ2n) is 16.8. The largest absolute Gasteiger partial charge is 0.276 e. The van der Waals surface area contributed by atoms with E-state index in [9.17, 15) is 0 Å². The Labute approximate surface area is 410 Å². The van der Waals surface area contributed by atoms with Gasteiger partial charge in [0.05, 0.1) is 17.1 Å². The number of fused-ring (bicyclic) bond motifs is 3. The summed E-state index contributed by atoms with van der Waals surface area (Å²) in [6.07, 6.45) is 5.49. The summed E-state index contributed by atoms with van der Waals surface area (Å²) in [5, 5.41) is 0. The Hall–Kier alpha value is -9.60. The van der Waals surface area contributed by atoms with Crippen LogP contribution in [-0.2, 0) is 0 Å². The number of pyridine rings is 3. The zero-order valence-corrected chi connectivity index (χ0v) is 39.0. The Morgan fingerprint density at radius 3 is 0.831 bits per heavy atom. The molecule has 0 saturated carbocycles. The molecule has 0 atom stereocenters. The molecule has 0 unspecified atom stereocenters. The van der Waals surface area contributed by atoms with Crippen molar-refractivity contribution in [1.29, 1.82) is 0 Å². The fraction of sp³-hybridized carbons (Fsp3) is 0.0323. The summed E-state index contributed by atoms with van der Waals surface area (Å²) >= 11 is 0. The fourth-order valence-electron chi connectivity index (χ4n) is 9.61. The molecule has 0 aliphatic rings. The number of nitrogens with zero attached hydrogens (tertiary/aromatic N) is 9. The highest BCUT2D eigenvalue weighted by Gasteiger charge is 2.26. The number of para-hydroxylation sites is 3. The summed E-state index contributed by atoms with van der Waals surface area (Å²) < 4.78 is 6.56. The van der Waals surface area contributed by atoms with Crippen molar-refractivity contribution < 1.29 is 0 Å².